The number of aromatic nitrogens is 3. The molecule has 0 radical (unpaired) electrons. The standard InChI is InChI=1S/C26H23N5O3S/c1-16-7-6-10-20(15-16)27-24(32)22-21(17-11-13-19(14-12-17)25(33)34-2)30-31-23(28-29-26(31)35-22)18-8-4-3-5-9-18/h3-15,21-22,30H,1-2H3,(H,27,32). The molecule has 3 aromatic carbocycles. The molecule has 1 amide bonds. The number of amides is 1. The maximum absolute atomic E-state index is 13.5. The average molecular weight is 486 g/mol. The van der Waals surface area contributed by atoms with Gasteiger partial charge in [-0.2, -0.15) is 0 Å². The number of nitrogens with zero attached hydrogens (tertiary/aromatic N) is 3. The summed E-state index contributed by atoms with van der Waals surface area (Å²) in [5.74, 6) is 0.0798. The van der Waals surface area contributed by atoms with Crippen molar-refractivity contribution in [1.29, 1.82) is 0 Å². The second-order valence-corrected chi connectivity index (χ2v) is 9.23. The van der Waals surface area contributed by atoms with E-state index < -0.39 is 17.3 Å². The number of esters is 1. The Hall–Kier alpha value is -4.11. The van der Waals surface area contributed by atoms with Crippen LogP contribution >= 0.6 is 11.8 Å². The molecule has 9 heteroatoms. The molecule has 0 spiro atoms. The number of anilines is 1. The lowest BCUT2D eigenvalue weighted by Gasteiger charge is -2.33. The van der Waals surface area contributed by atoms with E-state index in [1.54, 1.807) is 12.1 Å². The monoisotopic (exact) mass is 485 g/mol. The van der Waals surface area contributed by atoms with Gasteiger partial charge in [0.25, 0.3) is 0 Å². The van der Waals surface area contributed by atoms with Crippen molar-refractivity contribution in [1.82, 2.24) is 14.9 Å². The molecular formula is C26H23N5O3S. The molecule has 2 atom stereocenters. The Balaban J connectivity index is 1.51. The van der Waals surface area contributed by atoms with Crippen molar-refractivity contribution in [3.05, 3.63) is 95.6 Å². The van der Waals surface area contributed by atoms with Gasteiger partial charge in [0.15, 0.2) is 5.82 Å². The zero-order valence-electron chi connectivity index (χ0n) is 19.1. The molecule has 35 heavy (non-hydrogen) atoms. The molecule has 2 N–H and O–H groups in total. The third kappa shape index (κ3) is 4.63. The second-order valence-electron chi connectivity index (χ2n) is 8.13. The highest BCUT2D eigenvalue weighted by molar-refractivity contribution is 8.00. The summed E-state index contributed by atoms with van der Waals surface area (Å²) in [6.07, 6.45) is 0. The van der Waals surface area contributed by atoms with Crippen LogP contribution in [0.1, 0.15) is 27.5 Å². The highest BCUT2D eigenvalue weighted by Crippen LogP contribution is 2.39. The Labute approximate surface area is 206 Å². The fraction of sp³-hybridized carbons (Fsp3) is 0.154. The minimum absolute atomic E-state index is 0.161. The maximum atomic E-state index is 13.5. The summed E-state index contributed by atoms with van der Waals surface area (Å²) < 4.78 is 6.63. The van der Waals surface area contributed by atoms with Gasteiger partial charge < -0.3 is 15.5 Å². The van der Waals surface area contributed by atoms with E-state index in [0.29, 0.717) is 16.5 Å². The number of thioether (sulfide) groups is 1. The van der Waals surface area contributed by atoms with Crippen molar-refractivity contribution in [2.45, 2.75) is 23.4 Å². The summed E-state index contributed by atoms with van der Waals surface area (Å²) in [4.78, 5) is 25.4. The lowest BCUT2D eigenvalue weighted by molar-refractivity contribution is -0.116. The summed E-state index contributed by atoms with van der Waals surface area (Å²) in [6, 6.07) is 24.0. The number of methoxy groups -OCH3 is 1. The Morgan fingerprint density at radius 3 is 2.49 bits per heavy atom. The molecule has 2 unspecified atom stereocenters. The number of aryl methyl sites for hydroxylation is 1. The summed E-state index contributed by atoms with van der Waals surface area (Å²) in [7, 11) is 1.35. The fourth-order valence-electron chi connectivity index (χ4n) is 3.96. The van der Waals surface area contributed by atoms with Gasteiger partial charge in [-0.05, 0) is 42.3 Å². The van der Waals surface area contributed by atoms with E-state index in [-0.39, 0.29) is 5.91 Å². The number of hydrogen-bond donors (Lipinski definition) is 2. The first-order valence-corrected chi connectivity index (χ1v) is 11.9. The molecule has 0 aliphatic carbocycles. The number of ether oxygens (including phenoxy) is 1. The maximum Gasteiger partial charge on any atom is 0.337 e. The first kappa shape index (κ1) is 22.7. The molecule has 0 fully saturated rings. The molecule has 1 aliphatic heterocycles. The van der Waals surface area contributed by atoms with E-state index in [0.717, 1.165) is 22.4 Å². The van der Waals surface area contributed by atoms with E-state index in [1.165, 1.54) is 18.9 Å². The first-order valence-electron chi connectivity index (χ1n) is 11.0. The molecule has 2 heterocycles. The minimum atomic E-state index is -0.542. The molecule has 5 rings (SSSR count). The van der Waals surface area contributed by atoms with E-state index in [9.17, 15) is 9.59 Å². The summed E-state index contributed by atoms with van der Waals surface area (Å²) in [5, 5.41) is 11.8. The largest absolute Gasteiger partial charge is 0.465 e. The zero-order chi connectivity index (χ0) is 24.4. The Kier molecular flexibility index (Phi) is 6.24. The van der Waals surface area contributed by atoms with Crippen molar-refractivity contribution in [2.75, 3.05) is 17.9 Å². The van der Waals surface area contributed by atoms with E-state index >= 15 is 0 Å². The number of carbonyl (C=O) groups is 2. The van der Waals surface area contributed by atoms with Crippen molar-refractivity contribution in [3.8, 4) is 11.4 Å². The summed E-state index contributed by atoms with van der Waals surface area (Å²) >= 11 is 1.35. The van der Waals surface area contributed by atoms with Gasteiger partial charge in [-0.25, -0.2) is 9.47 Å². The molecule has 1 aromatic heterocycles. The summed E-state index contributed by atoms with van der Waals surface area (Å²) in [6.45, 7) is 1.98. The van der Waals surface area contributed by atoms with Gasteiger partial charge in [0.2, 0.25) is 11.1 Å². The van der Waals surface area contributed by atoms with Gasteiger partial charge in [0.05, 0.1) is 18.7 Å². The number of carbonyl (C=O) groups excluding carboxylic acids is 2. The number of nitrogens with one attached hydrogen (secondary N) is 2. The Bertz CT molecular complexity index is 1370. The van der Waals surface area contributed by atoms with Crippen LogP contribution in [0.5, 0.6) is 0 Å². The molecule has 1 aliphatic rings. The van der Waals surface area contributed by atoms with Gasteiger partial charge in [0.1, 0.15) is 5.25 Å². The highest BCUT2D eigenvalue weighted by Gasteiger charge is 2.38. The van der Waals surface area contributed by atoms with Crippen molar-refractivity contribution in [2.24, 2.45) is 0 Å². The van der Waals surface area contributed by atoms with Crippen LogP contribution in [0.25, 0.3) is 11.4 Å². The van der Waals surface area contributed by atoms with Gasteiger partial charge in [-0.3, -0.25) is 4.79 Å². The lowest BCUT2D eigenvalue weighted by Crippen LogP contribution is -2.41. The van der Waals surface area contributed by atoms with Gasteiger partial charge in [-0.15, -0.1) is 10.2 Å². The highest BCUT2D eigenvalue weighted by atomic mass is 32.2. The van der Waals surface area contributed by atoms with Crippen molar-refractivity contribution < 1.29 is 14.3 Å². The van der Waals surface area contributed by atoms with Gasteiger partial charge >= 0.3 is 5.97 Å². The topological polar surface area (TPSA) is 98.1 Å². The molecule has 4 aromatic rings. The van der Waals surface area contributed by atoms with Gasteiger partial charge in [0, 0.05) is 11.3 Å². The second kappa shape index (κ2) is 9.63. The first-order chi connectivity index (χ1) is 17.0. The van der Waals surface area contributed by atoms with E-state index in [1.807, 2.05) is 78.3 Å². The van der Waals surface area contributed by atoms with Crippen LogP contribution in [0, 0.1) is 6.92 Å². The Morgan fingerprint density at radius 2 is 1.77 bits per heavy atom. The van der Waals surface area contributed by atoms with Crippen LogP contribution < -0.4 is 10.7 Å². The van der Waals surface area contributed by atoms with Crippen LogP contribution in [0.4, 0.5) is 5.69 Å². The smallest absolute Gasteiger partial charge is 0.337 e. The van der Waals surface area contributed by atoms with E-state index in [2.05, 4.69) is 20.9 Å². The third-order valence-electron chi connectivity index (χ3n) is 5.70. The molecule has 0 bridgehead atoms. The van der Waals surface area contributed by atoms with Crippen LogP contribution in [0.15, 0.2) is 84.0 Å². The van der Waals surface area contributed by atoms with Gasteiger partial charge in [-0.1, -0.05) is 66.4 Å². The molecule has 176 valence electrons. The third-order valence-corrected chi connectivity index (χ3v) is 6.92. The lowest BCUT2D eigenvalue weighted by atomic mass is 10.0. The predicted octanol–water partition coefficient (Wildman–Crippen LogP) is 4.44. The zero-order valence-corrected chi connectivity index (χ0v) is 20.0. The van der Waals surface area contributed by atoms with Crippen molar-refractivity contribution in [3.63, 3.8) is 0 Å². The SMILES string of the molecule is COC(=O)c1ccc(C2Nn3c(nnc3-c3ccccc3)SC2C(=O)Nc2cccc(C)c2)cc1. The predicted molar refractivity (Wildman–Crippen MR) is 135 cm³/mol. The van der Waals surface area contributed by atoms with Crippen molar-refractivity contribution >= 4 is 29.3 Å². The van der Waals surface area contributed by atoms with E-state index in [4.69, 9.17) is 4.74 Å². The number of fused-ring (bicyclic) bond motifs is 1. The fourth-order valence-corrected chi connectivity index (χ4v) is 5.04. The molecular weight excluding hydrogens is 462 g/mol. The molecule has 0 saturated heterocycles. The molecule has 8 nitrogen and oxygen atoms in total. The van der Waals surface area contributed by atoms with Crippen LogP contribution in [-0.2, 0) is 9.53 Å². The van der Waals surface area contributed by atoms with Crippen LogP contribution in [-0.4, -0.2) is 39.1 Å². The quantitative estimate of drug-likeness (QED) is 0.403. The van der Waals surface area contributed by atoms with Crippen LogP contribution in [0.3, 0.4) is 0 Å². The normalized spacial score (nSPS) is 16.6. The minimum Gasteiger partial charge on any atom is -0.465 e. The number of rotatable bonds is 5. The molecule has 0 saturated carbocycles. The number of benzene rings is 3. The Morgan fingerprint density at radius 1 is 1.00 bits per heavy atom. The summed E-state index contributed by atoms with van der Waals surface area (Å²) in [5.41, 5.74) is 7.41. The van der Waals surface area contributed by atoms with Crippen LogP contribution in [0.2, 0.25) is 0 Å². The number of hydrogen-bond acceptors (Lipinski definition) is 7. The average Bonchev–Trinajstić information content (AvgIpc) is 3.31.